The van der Waals surface area contributed by atoms with E-state index in [1.165, 1.54) is 5.56 Å². The predicted molar refractivity (Wildman–Crippen MR) is 97.5 cm³/mol. The maximum atomic E-state index is 11.7. The van der Waals surface area contributed by atoms with Crippen molar-refractivity contribution < 1.29 is 14.3 Å². The molecule has 0 spiro atoms. The van der Waals surface area contributed by atoms with Crippen molar-refractivity contribution in [1.29, 1.82) is 0 Å². The number of ether oxygens (including phenoxy) is 2. The zero-order valence-corrected chi connectivity index (χ0v) is 14.6. The second kappa shape index (κ2) is 7.25. The number of nitrogens with one attached hydrogen (secondary N) is 1. The molecular weight excluding hydrogens is 318 g/mol. The number of carbonyl (C=O) groups excluding carboxylic acids is 1. The summed E-state index contributed by atoms with van der Waals surface area (Å²) in [6.45, 7) is 4.23. The third-order valence-corrected chi connectivity index (χ3v) is 3.85. The molecule has 2 aromatic carbocycles. The Morgan fingerprint density at radius 1 is 1.20 bits per heavy atom. The lowest BCUT2D eigenvalue weighted by Crippen LogP contribution is -2.18. The largest absolute Gasteiger partial charge is 0.497 e. The number of methoxy groups -OCH3 is 1. The summed E-state index contributed by atoms with van der Waals surface area (Å²) >= 11 is 0. The van der Waals surface area contributed by atoms with Crippen molar-refractivity contribution >= 4 is 23.0 Å². The molecule has 6 nitrogen and oxygen atoms in total. The molecular formula is C19H21N3O3. The fourth-order valence-electron chi connectivity index (χ4n) is 2.62. The van der Waals surface area contributed by atoms with Gasteiger partial charge in [0.05, 0.1) is 24.8 Å². The Hall–Kier alpha value is -3.02. The highest BCUT2D eigenvalue weighted by Crippen LogP contribution is 2.28. The maximum Gasteiger partial charge on any atom is 0.325 e. The van der Waals surface area contributed by atoms with Crippen LogP contribution in [0.3, 0.4) is 0 Å². The summed E-state index contributed by atoms with van der Waals surface area (Å²) in [5.41, 5.74) is 3.83. The van der Waals surface area contributed by atoms with Gasteiger partial charge in [-0.3, -0.25) is 9.36 Å². The lowest BCUT2D eigenvalue weighted by Gasteiger charge is -2.11. The van der Waals surface area contributed by atoms with Gasteiger partial charge in [0, 0.05) is 11.8 Å². The Morgan fingerprint density at radius 2 is 1.96 bits per heavy atom. The van der Waals surface area contributed by atoms with Crippen LogP contribution >= 0.6 is 0 Å². The van der Waals surface area contributed by atoms with Gasteiger partial charge in [-0.1, -0.05) is 17.7 Å². The van der Waals surface area contributed by atoms with E-state index in [1.807, 2.05) is 54.0 Å². The molecule has 0 atom stereocenters. The van der Waals surface area contributed by atoms with Gasteiger partial charge in [-0.25, -0.2) is 4.98 Å². The average Bonchev–Trinajstić information content (AvgIpc) is 2.98. The molecule has 3 aromatic rings. The van der Waals surface area contributed by atoms with E-state index in [2.05, 4.69) is 10.3 Å². The molecule has 0 saturated heterocycles. The fourth-order valence-corrected chi connectivity index (χ4v) is 2.62. The Bertz CT molecular complexity index is 885. The number of fused-ring (bicyclic) bond motifs is 1. The van der Waals surface area contributed by atoms with Crippen molar-refractivity contribution in [1.82, 2.24) is 9.55 Å². The third kappa shape index (κ3) is 3.57. The number of benzene rings is 2. The van der Waals surface area contributed by atoms with Crippen molar-refractivity contribution in [3.8, 4) is 11.4 Å². The van der Waals surface area contributed by atoms with Crippen LogP contribution in [0.15, 0.2) is 42.5 Å². The highest BCUT2D eigenvalue weighted by atomic mass is 16.5. The van der Waals surface area contributed by atoms with Crippen LogP contribution in [0.2, 0.25) is 0 Å². The fraction of sp³-hybridized carbons (Fsp3) is 0.263. The van der Waals surface area contributed by atoms with Crippen LogP contribution in [0.1, 0.15) is 12.5 Å². The minimum Gasteiger partial charge on any atom is -0.497 e. The molecule has 6 heteroatoms. The van der Waals surface area contributed by atoms with E-state index in [0.29, 0.717) is 12.6 Å². The first kappa shape index (κ1) is 16.8. The monoisotopic (exact) mass is 339 g/mol. The highest BCUT2D eigenvalue weighted by Gasteiger charge is 2.14. The van der Waals surface area contributed by atoms with E-state index >= 15 is 0 Å². The average molecular weight is 339 g/mol. The van der Waals surface area contributed by atoms with Crippen molar-refractivity contribution in [2.24, 2.45) is 0 Å². The number of esters is 1. The van der Waals surface area contributed by atoms with E-state index in [0.717, 1.165) is 22.5 Å². The quantitative estimate of drug-likeness (QED) is 0.698. The second-order valence-electron chi connectivity index (χ2n) is 5.62. The first-order valence-electron chi connectivity index (χ1n) is 8.15. The summed E-state index contributed by atoms with van der Waals surface area (Å²) in [6.07, 6.45) is 0. The van der Waals surface area contributed by atoms with Crippen LogP contribution in [0.25, 0.3) is 16.7 Å². The van der Waals surface area contributed by atoms with Crippen molar-refractivity contribution in [3.63, 3.8) is 0 Å². The Morgan fingerprint density at radius 3 is 2.64 bits per heavy atom. The van der Waals surface area contributed by atoms with Gasteiger partial charge in [0.2, 0.25) is 5.95 Å². The normalized spacial score (nSPS) is 10.7. The molecule has 0 aliphatic rings. The summed E-state index contributed by atoms with van der Waals surface area (Å²) < 4.78 is 12.3. The number of imidazole rings is 1. The molecule has 3 rings (SSSR count). The molecule has 25 heavy (non-hydrogen) atoms. The van der Waals surface area contributed by atoms with Gasteiger partial charge in [0.25, 0.3) is 0 Å². The number of hydrogen-bond acceptors (Lipinski definition) is 5. The number of aromatic nitrogens is 2. The lowest BCUT2D eigenvalue weighted by molar-refractivity contribution is -0.140. The maximum absolute atomic E-state index is 11.7. The summed E-state index contributed by atoms with van der Waals surface area (Å²) in [5, 5.41) is 3.07. The third-order valence-electron chi connectivity index (χ3n) is 3.85. The van der Waals surface area contributed by atoms with Crippen LogP contribution in [0.5, 0.6) is 5.75 Å². The molecule has 0 saturated carbocycles. The van der Waals surface area contributed by atoms with E-state index in [4.69, 9.17) is 9.47 Å². The zero-order valence-electron chi connectivity index (χ0n) is 14.6. The SMILES string of the molecule is CCOC(=O)CNc1nc2ccc(OC)cc2n1-c1ccc(C)cc1. The van der Waals surface area contributed by atoms with E-state index < -0.39 is 0 Å². The number of carbonyl (C=O) groups is 1. The number of rotatable bonds is 6. The molecule has 1 N–H and O–H groups in total. The van der Waals surface area contributed by atoms with Crippen molar-refractivity contribution in [2.45, 2.75) is 13.8 Å². The smallest absolute Gasteiger partial charge is 0.325 e. The highest BCUT2D eigenvalue weighted by molar-refractivity contribution is 5.83. The minimum atomic E-state index is -0.317. The Kier molecular flexibility index (Phi) is 4.88. The molecule has 0 radical (unpaired) electrons. The zero-order chi connectivity index (χ0) is 17.8. The van der Waals surface area contributed by atoms with Gasteiger partial charge in [-0.15, -0.1) is 0 Å². The van der Waals surface area contributed by atoms with Crippen molar-refractivity contribution in [2.75, 3.05) is 25.6 Å². The number of anilines is 1. The number of hydrogen-bond donors (Lipinski definition) is 1. The van der Waals surface area contributed by atoms with Gasteiger partial charge in [0.15, 0.2) is 0 Å². The molecule has 130 valence electrons. The molecule has 0 aliphatic heterocycles. The number of aryl methyl sites for hydroxylation is 1. The topological polar surface area (TPSA) is 65.4 Å². The molecule has 0 aliphatic carbocycles. The van der Waals surface area contributed by atoms with Crippen LogP contribution in [0, 0.1) is 6.92 Å². The molecule has 0 unspecified atom stereocenters. The van der Waals surface area contributed by atoms with Crippen LogP contribution in [-0.2, 0) is 9.53 Å². The van der Waals surface area contributed by atoms with Gasteiger partial charge in [0.1, 0.15) is 12.3 Å². The summed E-state index contributed by atoms with van der Waals surface area (Å²) in [5.74, 6) is 1.01. The summed E-state index contributed by atoms with van der Waals surface area (Å²) in [7, 11) is 1.63. The van der Waals surface area contributed by atoms with Crippen molar-refractivity contribution in [3.05, 3.63) is 48.0 Å². The van der Waals surface area contributed by atoms with Gasteiger partial charge >= 0.3 is 5.97 Å². The molecule has 0 fully saturated rings. The molecule has 1 heterocycles. The molecule has 0 amide bonds. The van der Waals surface area contributed by atoms with Gasteiger partial charge in [-0.2, -0.15) is 0 Å². The van der Waals surface area contributed by atoms with E-state index in [-0.39, 0.29) is 12.5 Å². The Balaban J connectivity index is 2.06. The van der Waals surface area contributed by atoms with Crippen LogP contribution in [0.4, 0.5) is 5.95 Å². The Labute approximate surface area is 146 Å². The predicted octanol–water partition coefficient (Wildman–Crippen LogP) is 3.32. The van der Waals surface area contributed by atoms with Crippen LogP contribution < -0.4 is 10.1 Å². The summed E-state index contributed by atoms with van der Waals surface area (Å²) in [4.78, 5) is 16.3. The second-order valence-corrected chi connectivity index (χ2v) is 5.62. The number of nitrogens with zero attached hydrogens (tertiary/aromatic N) is 2. The lowest BCUT2D eigenvalue weighted by atomic mass is 10.2. The van der Waals surface area contributed by atoms with Gasteiger partial charge in [-0.05, 0) is 38.1 Å². The molecule has 0 bridgehead atoms. The van der Waals surface area contributed by atoms with Crippen LogP contribution in [-0.4, -0.2) is 35.8 Å². The standard InChI is InChI=1S/C19H21N3O3/c1-4-25-18(23)12-20-19-21-16-10-9-15(24-3)11-17(16)22(19)14-7-5-13(2)6-8-14/h5-11H,4,12H2,1-3H3,(H,20,21). The van der Waals surface area contributed by atoms with Gasteiger partial charge < -0.3 is 14.8 Å². The van der Waals surface area contributed by atoms with E-state index in [9.17, 15) is 4.79 Å². The summed E-state index contributed by atoms with van der Waals surface area (Å²) in [6, 6.07) is 13.8. The first-order chi connectivity index (χ1) is 12.1. The molecule has 1 aromatic heterocycles. The first-order valence-corrected chi connectivity index (χ1v) is 8.15. The minimum absolute atomic E-state index is 0.0557. The van der Waals surface area contributed by atoms with E-state index in [1.54, 1.807) is 14.0 Å².